The number of sulfonamides is 2. The minimum Gasteiger partial charge on any atom is -0.388 e. The van der Waals surface area contributed by atoms with Crippen LogP contribution >= 0.6 is 0 Å². The van der Waals surface area contributed by atoms with Gasteiger partial charge < -0.3 is 5.32 Å². The van der Waals surface area contributed by atoms with E-state index in [9.17, 15) is 16.8 Å². The maximum Gasteiger partial charge on any atom is 0.240 e. The molecule has 9 heteroatoms. The molecule has 0 aliphatic heterocycles. The fraction of sp³-hybridized carbons (Fsp3) is 0.333. The van der Waals surface area contributed by atoms with Gasteiger partial charge in [0.05, 0.1) is 10.6 Å². The van der Waals surface area contributed by atoms with Gasteiger partial charge in [-0.3, -0.25) is 0 Å². The Morgan fingerprint density at radius 1 is 1.11 bits per heavy atom. The monoisotopic (exact) mass is 293 g/mol. The topological polar surface area (TPSA) is 118 Å². The molecule has 0 saturated carbocycles. The Balaban J connectivity index is 2.74. The highest BCUT2D eigenvalue weighted by molar-refractivity contribution is 7.90. The van der Waals surface area contributed by atoms with Crippen molar-refractivity contribution in [2.45, 2.75) is 4.90 Å². The van der Waals surface area contributed by atoms with Crippen LogP contribution in [-0.4, -0.2) is 36.2 Å². The number of benzene rings is 1. The third-order valence-electron chi connectivity index (χ3n) is 2.13. The number of anilines is 1. The van der Waals surface area contributed by atoms with Crippen LogP contribution in [0.1, 0.15) is 0 Å². The highest BCUT2D eigenvalue weighted by atomic mass is 32.2. The number of rotatable bonds is 6. The highest BCUT2D eigenvalue weighted by Gasteiger charge is 2.14. The first-order valence-electron chi connectivity index (χ1n) is 5.02. The molecule has 7 nitrogen and oxygen atoms in total. The molecule has 0 amide bonds. The molecule has 0 saturated heterocycles. The second kappa shape index (κ2) is 5.65. The fourth-order valence-electron chi connectivity index (χ4n) is 1.20. The number of hydrogen-bond donors (Lipinski definition) is 3. The minimum absolute atomic E-state index is 0.0657. The molecule has 0 unspecified atom stereocenters. The van der Waals surface area contributed by atoms with Crippen LogP contribution in [0, 0.1) is 0 Å². The van der Waals surface area contributed by atoms with Crippen molar-refractivity contribution in [2.24, 2.45) is 5.14 Å². The van der Waals surface area contributed by atoms with Crippen molar-refractivity contribution in [1.29, 1.82) is 0 Å². The molecule has 4 N–H and O–H groups in total. The summed E-state index contributed by atoms with van der Waals surface area (Å²) in [7, 11) is -5.67. The Hall–Kier alpha value is -1.16. The lowest BCUT2D eigenvalue weighted by atomic mass is 10.3. The van der Waals surface area contributed by atoms with E-state index < -0.39 is 25.8 Å². The Labute approximate surface area is 106 Å². The lowest BCUT2D eigenvalue weighted by Crippen LogP contribution is -2.31. The van der Waals surface area contributed by atoms with Crippen LogP contribution in [0.2, 0.25) is 0 Å². The summed E-state index contributed by atoms with van der Waals surface area (Å²) in [5.41, 5.74) is 0.776. The number of nitrogens with one attached hydrogen (secondary N) is 2. The van der Waals surface area contributed by atoms with Gasteiger partial charge in [-0.05, 0) is 24.3 Å². The van der Waals surface area contributed by atoms with Gasteiger partial charge in [-0.1, -0.05) is 0 Å². The lowest BCUT2D eigenvalue weighted by molar-refractivity contribution is 0.581. The molecule has 1 rings (SSSR count). The maximum absolute atomic E-state index is 11.8. The Bertz CT molecular complexity index is 593. The third-order valence-corrected chi connectivity index (χ3v) is 4.38. The first-order chi connectivity index (χ1) is 8.24. The molecule has 1 aromatic rings. The summed E-state index contributed by atoms with van der Waals surface area (Å²) in [6.07, 6.45) is 0. The minimum atomic E-state index is -3.71. The van der Waals surface area contributed by atoms with Crippen LogP contribution in [-0.2, 0) is 20.0 Å². The average molecular weight is 293 g/mol. The number of hydrogen-bond acceptors (Lipinski definition) is 5. The summed E-state index contributed by atoms with van der Waals surface area (Å²) < 4.78 is 47.0. The van der Waals surface area contributed by atoms with Gasteiger partial charge in [-0.25, -0.2) is 26.7 Å². The third kappa shape index (κ3) is 4.61. The predicted octanol–water partition coefficient (Wildman–Crippen LogP) is -0.705. The zero-order valence-corrected chi connectivity index (χ0v) is 11.4. The van der Waals surface area contributed by atoms with Crippen molar-refractivity contribution in [3.05, 3.63) is 24.3 Å². The molecule has 1 aromatic carbocycles. The maximum atomic E-state index is 11.8. The molecule has 0 aliphatic carbocycles. The van der Waals surface area contributed by atoms with Crippen LogP contribution in [0.3, 0.4) is 0 Å². The van der Waals surface area contributed by atoms with Gasteiger partial charge in [0.1, 0.15) is 0 Å². The molecular formula is C9H15N3O4S2. The summed E-state index contributed by atoms with van der Waals surface area (Å²) >= 11 is 0. The Morgan fingerprint density at radius 2 is 1.67 bits per heavy atom. The van der Waals surface area contributed by atoms with Crippen molar-refractivity contribution in [1.82, 2.24) is 4.72 Å². The molecule has 0 aromatic heterocycles. The summed E-state index contributed by atoms with van der Waals surface area (Å²) in [6, 6.07) is 6.05. The molecule has 102 valence electrons. The van der Waals surface area contributed by atoms with Crippen LogP contribution in [0.4, 0.5) is 5.69 Å². The SMILES string of the molecule is CNc1ccc(S(=O)(=O)NCCS(N)(=O)=O)cc1. The van der Waals surface area contributed by atoms with E-state index in [1.165, 1.54) is 12.1 Å². The second-order valence-electron chi connectivity index (χ2n) is 3.54. The van der Waals surface area contributed by atoms with E-state index in [-0.39, 0.29) is 11.4 Å². The smallest absolute Gasteiger partial charge is 0.240 e. The average Bonchev–Trinajstić information content (AvgIpc) is 2.27. The molecule has 0 atom stereocenters. The molecule has 0 aliphatic rings. The Kier molecular flexibility index (Phi) is 4.68. The van der Waals surface area contributed by atoms with Gasteiger partial charge in [0, 0.05) is 19.3 Å². The summed E-state index contributed by atoms with van der Waals surface area (Å²) in [5.74, 6) is -0.444. The first kappa shape index (κ1) is 14.9. The first-order valence-corrected chi connectivity index (χ1v) is 8.22. The zero-order chi connectivity index (χ0) is 13.8. The molecule has 0 radical (unpaired) electrons. The summed E-state index contributed by atoms with van der Waals surface area (Å²) in [5, 5.41) is 7.63. The van der Waals surface area contributed by atoms with E-state index >= 15 is 0 Å². The zero-order valence-electron chi connectivity index (χ0n) is 9.75. The van der Waals surface area contributed by atoms with Crippen LogP contribution in [0.25, 0.3) is 0 Å². The molecule has 0 spiro atoms. The lowest BCUT2D eigenvalue weighted by Gasteiger charge is -2.07. The number of primary sulfonamides is 1. The normalized spacial score (nSPS) is 12.3. The highest BCUT2D eigenvalue weighted by Crippen LogP contribution is 2.12. The summed E-state index contributed by atoms with van der Waals surface area (Å²) in [6.45, 7) is -0.255. The van der Waals surface area contributed by atoms with E-state index in [0.717, 1.165) is 5.69 Å². The molecule has 18 heavy (non-hydrogen) atoms. The largest absolute Gasteiger partial charge is 0.388 e. The van der Waals surface area contributed by atoms with E-state index in [4.69, 9.17) is 5.14 Å². The van der Waals surface area contributed by atoms with Crippen molar-refractivity contribution in [3.8, 4) is 0 Å². The van der Waals surface area contributed by atoms with Crippen molar-refractivity contribution in [2.75, 3.05) is 24.7 Å². The van der Waals surface area contributed by atoms with Crippen LogP contribution in [0.15, 0.2) is 29.2 Å². The van der Waals surface area contributed by atoms with Crippen molar-refractivity contribution >= 4 is 25.7 Å². The quantitative estimate of drug-likeness (QED) is 0.640. The van der Waals surface area contributed by atoms with E-state index in [0.29, 0.717) is 0 Å². The molecule has 0 heterocycles. The molecule has 0 fully saturated rings. The molecular weight excluding hydrogens is 278 g/mol. The van der Waals surface area contributed by atoms with Gasteiger partial charge >= 0.3 is 0 Å². The predicted molar refractivity (Wildman–Crippen MR) is 69.2 cm³/mol. The Morgan fingerprint density at radius 3 is 2.11 bits per heavy atom. The second-order valence-corrected chi connectivity index (χ2v) is 7.04. The van der Waals surface area contributed by atoms with Gasteiger partial charge in [0.2, 0.25) is 20.0 Å². The van der Waals surface area contributed by atoms with Crippen molar-refractivity contribution < 1.29 is 16.8 Å². The molecule has 0 bridgehead atoms. The number of nitrogens with two attached hydrogens (primary N) is 1. The van der Waals surface area contributed by atoms with Crippen LogP contribution in [0.5, 0.6) is 0 Å². The van der Waals surface area contributed by atoms with Gasteiger partial charge in [-0.15, -0.1) is 0 Å². The van der Waals surface area contributed by atoms with Crippen LogP contribution < -0.4 is 15.2 Å². The fourth-order valence-corrected chi connectivity index (χ4v) is 2.75. The summed E-state index contributed by atoms with van der Waals surface area (Å²) in [4.78, 5) is 0.0657. The standard InChI is InChI=1S/C9H15N3O4S2/c1-11-8-2-4-9(5-3-8)18(15,16)12-6-7-17(10,13)14/h2-5,11-12H,6-7H2,1H3,(H2,10,13,14). The van der Waals surface area contributed by atoms with Crippen molar-refractivity contribution in [3.63, 3.8) is 0 Å². The van der Waals surface area contributed by atoms with E-state index in [2.05, 4.69) is 10.0 Å². The van der Waals surface area contributed by atoms with Gasteiger partial charge in [0.25, 0.3) is 0 Å². The van der Waals surface area contributed by atoms with E-state index in [1.807, 2.05) is 0 Å². The van der Waals surface area contributed by atoms with Gasteiger partial charge in [0.15, 0.2) is 0 Å². The van der Waals surface area contributed by atoms with E-state index in [1.54, 1.807) is 19.2 Å². The van der Waals surface area contributed by atoms with Gasteiger partial charge in [-0.2, -0.15) is 0 Å².